The molecule has 1 aromatic rings. The largest absolute Gasteiger partial charge is 0.342 e. The zero-order valence-electron chi connectivity index (χ0n) is 12.0. The zero-order chi connectivity index (χ0) is 13.9. The zero-order valence-corrected chi connectivity index (χ0v) is 12.9. The third-order valence-corrected chi connectivity index (χ3v) is 5.54. The number of amides is 1. The lowest BCUT2D eigenvalue weighted by Crippen LogP contribution is -2.41. The number of nitrogens with zero attached hydrogens (tertiary/aromatic N) is 2. The maximum atomic E-state index is 12.5. The molecule has 20 heavy (non-hydrogen) atoms. The molecule has 0 bridgehead atoms. The lowest BCUT2D eigenvalue weighted by atomic mass is 9.91. The molecule has 1 aliphatic heterocycles. The predicted molar refractivity (Wildman–Crippen MR) is 81.9 cm³/mol. The smallest absolute Gasteiger partial charge is 0.226 e. The Morgan fingerprint density at radius 3 is 2.70 bits per heavy atom. The quantitative estimate of drug-likeness (QED) is 0.781. The number of aromatic nitrogens is 1. The van der Waals surface area contributed by atoms with E-state index in [2.05, 4.69) is 34.3 Å². The molecule has 1 aliphatic carbocycles. The Balaban J connectivity index is 1.55. The second kappa shape index (κ2) is 6.08. The number of carbonyl (C=O) groups is 1. The summed E-state index contributed by atoms with van der Waals surface area (Å²) in [6.07, 6.45) is 9.52. The van der Waals surface area contributed by atoms with Gasteiger partial charge in [0, 0.05) is 36.0 Å². The van der Waals surface area contributed by atoms with Crippen molar-refractivity contribution in [3.63, 3.8) is 0 Å². The average Bonchev–Trinajstić information content (AvgIpc) is 2.94. The molecule has 0 aromatic carbocycles. The summed E-state index contributed by atoms with van der Waals surface area (Å²) in [5, 5.41) is 3.39. The monoisotopic (exact) mass is 290 g/mol. The van der Waals surface area contributed by atoms with Crippen molar-refractivity contribution in [1.82, 2.24) is 9.88 Å². The van der Waals surface area contributed by atoms with Crippen LogP contribution in [0.1, 0.15) is 48.7 Å². The number of allylic oxidation sites excluding steroid dienone is 2. The molecule has 0 saturated carbocycles. The molecular weight excluding hydrogens is 268 g/mol. The molecule has 4 heteroatoms. The van der Waals surface area contributed by atoms with Crippen LogP contribution in [0.3, 0.4) is 0 Å². The fourth-order valence-corrected chi connectivity index (χ4v) is 4.15. The van der Waals surface area contributed by atoms with Gasteiger partial charge >= 0.3 is 0 Å². The first-order valence-electron chi connectivity index (χ1n) is 7.60. The first-order chi connectivity index (χ1) is 9.74. The van der Waals surface area contributed by atoms with Crippen molar-refractivity contribution < 1.29 is 4.79 Å². The third-order valence-electron chi connectivity index (χ3n) is 4.41. The van der Waals surface area contributed by atoms with Crippen LogP contribution in [0.5, 0.6) is 0 Å². The van der Waals surface area contributed by atoms with E-state index in [-0.39, 0.29) is 5.92 Å². The Morgan fingerprint density at radius 1 is 1.30 bits per heavy atom. The summed E-state index contributed by atoms with van der Waals surface area (Å²) < 4.78 is 0. The lowest BCUT2D eigenvalue weighted by molar-refractivity contribution is -0.136. The number of thiazole rings is 1. The molecule has 1 aromatic heterocycles. The fraction of sp³-hybridized carbons (Fsp3) is 0.625. The van der Waals surface area contributed by atoms with E-state index in [0.29, 0.717) is 11.8 Å². The topological polar surface area (TPSA) is 33.2 Å². The van der Waals surface area contributed by atoms with Crippen molar-refractivity contribution in [3.8, 4) is 0 Å². The van der Waals surface area contributed by atoms with Crippen LogP contribution in [-0.4, -0.2) is 28.9 Å². The predicted octanol–water partition coefficient (Wildman–Crippen LogP) is 3.51. The van der Waals surface area contributed by atoms with E-state index in [9.17, 15) is 4.79 Å². The van der Waals surface area contributed by atoms with Gasteiger partial charge in [0.05, 0.1) is 5.01 Å². The molecule has 3 rings (SSSR count). The van der Waals surface area contributed by atoms with Gasteiger partial charge in [-0.3, -0.25) is 4.79 Å². The molecule has 1 fully saturated rings. The minimum Gasteiger partial charge on any atom is -0.342 e. The Morgan fingerprint density at radius 2 is 2.10 bits per heavy atom. The molecule has 0 spiro atoms. The van der Waals surface area contributed by atoms with Gasteiger partial charge in [-0.15, -0.1) is 11.3 Å². The van der Waals surface area contributed by atoms with Crippen molar-refractivity contribution in [2.45, 2.75) is 44.9 Å². The summed E-state index contributed by atoms with van der Waals surface area (Å²) in [6.45, 7) is 3.86. The molecule has 0 N–H and O–H groups in total. The molecule has 2 aliphatic rings. The van der Waals surface area contributed by atoms with E-state index in [1.54, 1.807) is 11.3 Å². The van der Waals surface area contributed by atoms with E-state index < -0.39 is 0 Å². The van der Waals surface area contributed by atoms with Gasteiger partial charge in [-0.05, 0) is 39.0 Å². The standard InChI is InChI=1S/C16H22N2OS/c1-12-11-20-15(17-12)13-7-9-18(10-8-13)16(19)14-5-3-2-4-6-14/h2-3,11,13-14H,4-10H2,1H3/t14-/m1/s1. The van der Waals surface area contributed by atoms with E-state index in [1.807, 2.05) is 0 Å². The van der Waals surface area contributed by atoms with Gasteiger partial charge in [0.15, 0.2) is 0 Å². The summed E-state index contributed by atoms with van der Waals surface area (Å²) >= 11 is 1.77. The molecule has 3 nitrogen and oxygen atoms in total. The van der Waals surface area contributed by atoms with Gasteiger partial charge in [0.25, 0.3) is 0 Å². The Hall–Kier alpha value is -1.16. The molecule has 108 valence electrons. The van der Waals surface area contributed by atoms with E-state index >= 15 is 0 Å². The minimum atomic E-state index is 0.235. The van der Waals surface area contributed by atoms with Crippen molar-refractivity contribution in [2.24, 2.45) is 5.92 Å². The lowest BCUT2D eigenvalue weighted by Gasteiger charge is -2.34. The number of aryl methyl sites for hydroxylation is 1. The Bertz CT molecular complexity index is 500. The maximum Gasteiger partial charge on any atom is 0.226 e. The van der Waals surface area contributed by atoms with Crippen molar-refractivity contribution in [3.05, 3.63) is 28.2 Å². The van der Waals surface area contributed by atoms with Crippen LogP contribution >= 0.6 is 11.3 Å². The van der Waals surface area contributed by atoms with Gasteiger partial charge in [0.1, 0.15) is 0 Å². The molecule has 1 amide bonds. The number of hydrogen-bond acceptors (Lipinski definition) is 3. The second-order valence-electron chi connectivity index (χ2n) is 5.91. The van der Waals surface area contributed by atoms with E-state index in [4.69, 9.17) is 0 Å². The summed E-state index contributed by atoms with van der Waals surface area (Å²) in [7, 11) is 0. The van der Waals surface area contributed by atoms with Gasteiger partial charge in [-0.25, -0.2) is 4.98 Å². The summed E-state index contributed by atoms with van der Waals surface area (Å²) in [5.74, 6) is 1.17. The third kappa shape index (κ3) is 2.95. The van der Waals surface area contributed by atoms with Crippen LogP contribution in [0.25, 0.3) is 0 Å². The average molecular weight is 290 g/mol. The summed E-state index contributed by atoms with van der Waals surface area (Å²) in [5.41, 5.74) is 1.12. The van der Waals surface area contributed by atoms with Crippen LogP contribution in [0.15, 0.2) is 17.5 Å². The van der Waals surface area contributed by atoms with E-state index in [0.717, 1.165) is 50.9 Å². The SMILES string of the molecule is Cc1csc(C2CCN(C(=O)[C@@H]3CC=CCC3)CC2)n1. The van der Waals surface area contributed by atoms with Crippen molar-refractivity contribution in [2.75, 3.05) is 13.1 Å². The van der Waals surface area contributed by atoms with Gasteiger partial charge in [0.2, 0.25) is 5.91 Å². The first kappa shape index (κ1) is 13.8. The van der Waals surface area contributed by atoms with Crippen LogP contribution in [0.2, 0.25) is 0 Å². The van der Waals surface area contributed by atoms with E-state index in [1.165, 1.54) is 5.01 Å². The highest BCUT2D eigenvalue weighted by Gasteiger charge is 2.29. The molecule has 1 atom stereocenters. The molecule has 0 radical (unpaired) electrons. The minimum absolute atomic E-state index is 0.235. The number of hydrogen-bond donors (Lipinski definition) is 0. The highest BCUT2D eigenvalue weighted by Crippen LogP contribution is 2.31. The number of carbonyl (C=O) groups excluding carboxylic acids is 1. The number of rotatable bonds is 2. The number of likely N-dealkylation sites (tertiary alicyclic amines) is 1. The van der Waals surface area contributed by atoms with Crippen LogP contribution in [0, 0.1) is 12.8 Å². The molecule has 2 heterocycles. The summed E-state index contributed by atoms with van der Waals surface area (Å²) in [4.78, 5) is 19.2. The van der Waals surface area contributed by atoms with Crippen LogP contribution < -0.4 is 0 Å². The normalized spacial score (nSPS) is 24.1. The second-order valence-corrected chi connectivity index (χ2v) is 6.80. The Kier molecular flexibility index (Phi) is 4.20. The highest BCUT2D eigenvalue weighted by molar-refractivity contribution is 7.09. The van der Waals surface area contributed by atoms with Gasteiger partial charge in [-0.1, -0.05) is 12.2 Å². The molecular formula is C16H22N2OS. The van der Waals surface area contributed by atoms with Crippen LogP contribution in [-0.2, 0) is 4.79 Å². The highest BCUT2D eigenvalue weighted by atomic mass is 32.1. The maximum absolute atomic E-state index is 12.5. The van der Waals surface area contributed by atoms with Crippen molar-refractivity contribution >= 4 is 17.2 Å². The summed E-state index contributed by atoms with van der Waals surface area (Å²) in [6, 6.07) is 0. The number of piperidine rings is 1. The van der Waals surface area contributed by atoms with Gasteiger partial charge < -0.3 is 4.90 Å². The Labute approximate surface area is 124 Å². The fourth-order valence-electron chi connectivity index (χ4n) is 3.18. The first-order valence-corrected chi connectivity index (χ1v) is 8.48. The van der Waals surface area contributed by atoms with Gasteiger partial charge in [-0.2, -0.15) is 0 Å². The molecule has 0 unspecified atom stereocenters. The molecule has 1 saturated heterocycles. The van der Waals surface area contributed by atoms with Crippen molar-refractivity contribution in [1.29, 1.82) is 0 Å². The van der Waals surface area contributed by atoms with Crippen LogP contribution in [0.4, 0.5) is 0 Å².